The molecule has 0 radical (unpaired) electrons. The molecular weight excluding hydrogens is 205 g/mol. The summed E-state index contributed by atoms with van der Waals surface area (Å²) >= 11 is 0. The van der Waals surface area contributed by atoms with E-state index < -0.39 is 0 Å². The van der Waals surface area contributed by atoms with Gasteiger partial charge in [-0.2, -0.15) is 0 Å². The summed E-state index contributed by atoms with van der Waals surface area (Å²) in [5.74, 6) is 0.713. The zero-order chi connectivity index (χ0) is 11.7. The van der Waals surface area contributed by atoms with Crippen molar-refractivity contribution in [2.75, 3.05) is 7.05 Å². The van der Waals surface area contributed by atoms with Crippen LogP contribution in [0.3, 0.4) is 0 Å². The first-order valence-electron chi connectivity index (χ1n) is 5.52. The Morgan fingerprint density at radius 2 is 2.12 bits per heavy atom. The summed E-state index contributed by atoms with van der Waals surface area (Å²) in [6, 6.07) is 3.07. The number of aryl methyl sites for hydroxylation is 2. The molecule has 0 amide bonds. The lowest BCUT2D eigenvalue weighted by Gasteiger charge is -1.98. The molecule has 0 unspecified atom stereocenters. The van der Waals surface area contributed by atoms with Crippen LogP contribution in [0.5, 0.6) is 0 Å². The number of furan rings is 1. The summed E-state index contributed by atoms with van der Waals surface area (Å²) in [4.78, 5) is 0. The zero-order valence-electron chi connectivity index (χ0n) is 9.86. The average molecular weight is 221 g/mol. The lowest BCUT2D eigenvalue weighted by Crippen LogP contribution is -2.05. The summed E-state index contributed by atoms with van der Waals surface area (Å²) in [6.07, 6.45) is 0.854. The minimum absolute atomic E-state index is 0.198. The van der Waals surface area contributed by atoms with Crippen molar-refractivity contribution in [3.05, 3.63) is 34.8 Å². The molecule has 16 heavy (non-hydrogen) atoms. The van der Waals surface area contributed by atoms with E-state index in [1.807, 2.05) is 14.0 Å². The Labute approximate surface area is 94.4 Å². The Morgan fingerprint density at radius 1 is 1.38 bits per heavy atom. The van der Waals surface area contributed by atoms with Crippen molar-refractivity contribution in [3.8, 4) is 0 Å². The van der Waals surface area contributed by atoms with Gasteiger partial charge in [0.05, 0.1) is 6.54 Å². The van der Waals surface area contributed by atoms with E-state index in [1.165, 1.54) is 6.07 Å². The molecule has 2 aromatic rings. The van der Waals surface area contributed by atoms with Crippen molar-refractivity contribution in [2.24, 2.45) is 0 Å². The second-order valence-corrected chi connectivity index (χ2v) is 3.99. The van der Waals surface area contributed by atoms with Crippen molar-refractivity contribution in [1.29, 1.82) is 0 Å². The number of hydrogen-bond donors (Lipinski definition) is 1. The number of rotatable bonds is 3. The highest BCUT2D eigenvalue weighted by Crippen LogP contribution is 2.29. The Morgan fingerprint density at radius 3 is 2.75 bits per heavy atom. The van der Waals surface area contributed by atoms with Gasteiger partial charge >= 0.3 is 0 Å². The van der Waals surface area contributed by atoms with Crippen LogP contribution in [0.4, 0.5) is 4.39 Å². The van der Waals surface area contributed by atoms with E-state index in [2.05, 4.69) is 12.2 Å². The third kappa shape index (κ3) is 1.71. The minimum Gasteiger partial charge on any atom is -0.459 e. The third-order valence-corrected chi connectivity index (χ3v) is 2.82. The summed E-state index contributed by atoms with van der Waals surface area (Å²) in [6.45, 7) is 4.61. The van der Waals surface area contributed by atoms with Gasteiger partial charge in [-0.15, -0.1) is 0 Å². The van der Waals surface area contributed by atoms with Crippen molar-refractivity contribution >= 4 is 11.0 Å². The van der Waals surface area contributed by atoms with Crippen LogP contribution < -0.4 is 5.32 Å². The second kappa shape index (κ2) is 4.26. The van der Waals surface area contributed by atoms with E-state index in [-0.39, 0.29) is 5.82 Å². The van der Waals surface area contributed by atoms with E-state index >= 15 is 0 Å². The van der Waals surface area contributed by atoms with E-state index in [4.69, 9.17) is 4.42 Å². The lowest BCUT2D eigenvalue weighted by atomic mass is 10.1. The molecule has 1 aromatic heterocycles. The molecule has 0 saturated carbocycles. The number of halogens is 1. The first-order valence-corrected chi connectivity index (χ1v) is 5.52. The topological polar surface area (TPSA) is 25.2 Å². The van der Waals surface area contributed by atoms with Gasteiger partial charge in [-0.3, -0.25) is 0 Å². The number of hydrogen-bond acceptors (Lipinski definition) is 2. The van der Waals surface area contributed by atoms with Crippen LogP contribution in [0, 0.1) is 12.7 Å². The normalized spacial score (nSPS) is 11.2. The fourth-order valence-corrected chi connectivity index (χ4v) is 2.12. The van der Waals surface area contributed by atoms with Gasteiger partial charge in [0.1, 0.15) is 17.2 Å². The van der Waals surface area contributed by atoms with E-state index in [0.717, 1.165) is 34.3 Å². The Balaban J connectivity index is 2.71. The van der Waals surface area contributed by atoms with Gasteiger partial charge in [0.15, 0.2) is 0 Å². The molecule has 0 bridgehead atoms. The molecule has 1 heterocycles. The molecule has 2 nitrogen and oxygen atoms in total. The third-order valence-electron chi connectivity index (χ3n) is 2.82. The highest BCUT2D eigenvalue weighted by Gasteiger charge is 2.14. The van der Waals surface area contributed by atoms with Gasteiger partial charge < -0.3 is 9.73 Å². The summed E-state index contributed by atoms with van der Waals surface area (Å²) in [5, 5.41) is 3.97. The van der Waals surface area contributed by atoms with Gasteiger partial charge in [-0.1, -0.05) is 6.92 Å². The van der Waals surface area contributed by atoms with Crippen LogP contribution in [0.15, 0.2) is 16.5 Å². The molecule has 86 valence electrons. The Kier molecular flexibility index (Phi) is 2.97. The summed E-state index contributed by atoms with van der Waals surface area (Å²) in [5.41, 5.74) is 2.77. The molecule has 0 fully saturated rings. The smallest absolute Gasteiger partial charge is 0.137 e. The lowest BCUT2D eigenvalue weighted by molar-refractivity contribution is 0.522. The maximum Gasteiger partial charge on any atom is 0.137 e. The van der Waals surface area contributed by atoms with Crippen molar-refractivity contribution < 1.29 is 8.81 Å². The fourth-order valence-electron chi connectivity index (χ4n) is 2.12. The Bertz CT molecular complexity index is 516. The van der Waals surface area contributed by atoms with Gasteiger partial charge in [-0.05, 0) is 38.1 Å². The molecular formula is C13H16FNO. The molecule has 0 atom stereocenters. The molecule has 0 spiro atoms. The first-order chi connectivity index (χ1) is 7.67. The van der Waals surface area contributed by atoms with Gasteiger partial charge in [0, 0.05) is 10.9 Å². The Hall–Kier alpha value is -1.35. The van der Waals surface area contributed by atoms with Crippen LogP contribution in [0.1, 0.15) is 23.8 Å². The van der Waals surface area contributed by atoms with Crippen LogP contribution in [-0.4, -0.2) is 7.05 Å². The number of benzene rings is 1. The predicted molar refractivity (Wildman–Crippen MR) is 63.1 cm³/mol. The quantitative estimate of drug-likeness (QED) is 0.861. The molecule has 1 aromatic carbocycles. The summed E-state index contributed by atoms with van der Waals surface area (Å²) < 4.78 is 19.1. The predicted octanol–water partition coefficient (Wildman–Crippen LogP) is 3.16. The zero-order valence-corrected chi connectivity index (χ0v) is 9.86. The van der Waals surface area contributed by atoms with Gasteiger partial charge in [0.25, 0.3) is 0 Å². The first kappa shape index (κ1) is 11.1. The molecule has 0 aliphatic heterocycles. The maximum absolute atomic E-state index is 13.4. The number of fused-ring (bicyclic) bond motifs is 1. The van der Waals surface area contributed by atoms with E-state index in [0.29, 0.717) is 6.54 Å². The van der Waals surface area contributed by atoms with E-state index in [9.17, 15) is 4.39 Å². The highest BCUT2D eigenvalue weighted by atomic mass is 19.1. The average Bonchev–Trinajstić information content (AvgIpc) is 2.56. The molecule has 0 aliphatic rings. The van der Waals surface area contributed by atoms with Crippen molar-refractivity contribution in [1.82, 2.24) is 5.32 Å². The van der Waals surface area contributed by atoms with Crippen LogP contribution in [-0.2, 0) is 13.0 Å². The van der Waals surface area contributed by atoms with Crippen molar-refractivity contribution in [3.63, 3.8) is 0 Å². The molecule has 3 heteroatoms. The van der Waals surface area contributed by atoms with Crippen molar-refractivity contribution in [2.45, 2.75) is 26.8 Å². The van der Waals surface area contributed by atoms with Crippen LogP contribution in [0.25, 0.3) is 11.0 Å². The van der Waals surface area contributed by atoms with Crippen LogP contribution in [0.2, 0.25) is 0 Å². The highest BCUT2D eigenvalue weighted by molar-refractivity contribution is 5.85. The van der Waals surface area contributed by atoms with E-state index in [1.54, 1.807) is 6.07 Å². The molecule has 0 aliphatic carbocycles. The maximum atomic E-state index is 13.4. The van der Waals surface area contributed by atoms with Gasteiger partial charge in [-0.25, -0.2) is 4.39 Å². The van der Waals surface area contributed by atoms with Gasteiger partial charge in [0.2, 0.25) is 0 Å². The largest absolute Gasteiger partial charge is 0.459 e. The standard InChI is InChI=1S/C13H16FNO/c1-4-10-11-6-9(14)5-8(2)13(11)16-12(10)7-15-3/h5-6,15H,4,7H2,1-3H3. The summed E-state index contributed by atoms with van der Waals surface area (Å²) in [7, 11) is 1.88. The minimum atomic E-state index is -0.198. The second-order valence-electron chi connectivity index (χ2n) is 3.99. The monoisotopic (exact) mass is 221 g/mol. The van der Waals surface area contributed by atoms with Crippen LogP contribution >= 0.6 is 0 Å². The fraction of sp³-hybridized carbons (Fsp3) is 0.385. The molecule has 0 saturated heterocycles. The number of nitrogens with one attached hydrogen (secondary N) is 1. The molecule has 2 rings (SSSR count). The molecule has 1 N–H and O–H groups in total. The SMILES string of the molecule is CCc1c(CNC)oc2c(C)cc(F)cc12.